The fourth-order valence-electron chi connectivity index (χ4n) is 3.18. The Morgan fingerprint density at radius 3 is 2.17 bits per heavy atom. The Kier molecular flexibility index (Phi) is 4.02. The first-order chi connectivity index (χ1) is 8.42. The van der Waals surface area contributed by atoms with Gasteiger partial charge in [0.15, 0.2) is 0 Å². The molecule has 0 bridgehead atoms. The van der Waals surface area contributed by atoms with Crippen LogP contribution in [0.2, 0.25) is 6.34 Å². The second kappa shape index (κ2) is 5.07. The first-order valence-corrected chi connectivity index (χ1v) is 10.6. The molecule has 1 unspecified atom stereocenters. The van der Waals surface area contributed by atoms with Crippen molar-refractivity contribution in [2.24, 2.45) is 0 Å². The van der Waals surface area contributed by atoms with Gasteiger partial charge in [0.05, 0.1) is 0 Å². The molecule has 96 valence electrons. The zero-order chi connectivity index (χ0) is 13.4. The summed E-state index contributed by atoms with van der Waals surface area (Å²) in [6, 6.07) is 0. The minimum absolute atomic E-state index is 0.433. The van der Waals surface area contributed by atoms with E-state index in [9.17, 15) is 0 Å². The number of rotatable bonds is 4. The van der Waals surface area contributed by atoms with Crippen LogP contribution in [-0.2, 0) is 22.9 Å². The van der Waals surface area contributed by atoms with E-state index in [0.29, 0.717) is 6.34 Å². The van der Waals surface area contributed by atoms with Gasteiger partial charge in [0.1, 0.15) is 0 Å². The summed E-state index contributed by atoms with van der Waals surface area (Å²) in [5, 5.41) is 0. The topological polar surface area (TPSA) is 0 Å². The van der Waals surface area contributed by atoms with Crippen LogP contribution in [0.5, 0.6) is 0 Å². The molecule has 0 aromatic rings. The first-order valence-electron chi connectivity index (χ1n) is 6.97. The Morgan fingerprint density at radius 1 is 1.11 bits per heavy atom. The Labute approximate surface area is 123 Å². The Hall–Kier alpha value is -0.170. The fraction of sp³-hybridized carbons (Fsp3) is 0.529. The third-order valence-corrected chi connectivity index (χ3v) is 12.0. The van der Waals surface area contributed by atoms with Crippen molar-refractivity contribution in [1.82, 2.24) is 0 Å². The van der Waals surface area contributed by atoms with Crippen LogP contribution in [0.3, 0.4) is 0 Å². The predicted octanol–water partition coefficient (Wildman–Crippen LogP) is 5.63. The third-order valence-electron chi connectivity index (χ3n) is 4.49. The van der Waals surface area contributed by atoms with Crippen molar-refractivity contribution in [3.63, 3.8) is 0 Å². The summed E-state index contributed by atoms with van der Waals surface area (Å²) in [7, 11) is 0. The molecule has 0 aromatic carbocycles. The second-order valence-electron chi connectivity index (χ2n) is 5.91. The van der Waals surface area contributed by atoms with Crippen molar-refractivity contribution in [3.05, 3.63) is 47.1 Å². The monoisotopic (exact) mass is 408 g/mol. The molecule has 2 aliphatic rings. The molecule has 0 aliphatic heterocycles. The van der Waals surface area contributed by atoms with Crippen molar-refractivity contribution >= 4 is 0 Å². The maximum atomic E-state index is 2.57. The van der Waals surface area contributed by atoms with Gasteiger partial charge < -0.3 is 0 Å². The molecule has 18 heavy (non-hydrogen) atoms. The molecule has 2 rings (SSSR count). The van der Waals surface area contributed by atoms with Gasteiger partial charge in [0.2, 0.25) is 0 Å². The molecule has 0 N–H and O–H groups in total. The van der Waals surface area contributed by atoms with Crippen molar-refractivity contribution in [2.45, 2.75) is 53.8 Å². The van der Waals surface area contributed by atoms with Gasteiger partial charge in [-0.05, 0) is 0 Å². The quantitative estimate of drug-likeness (QED) is 0.531. The second-order valence-corrected chi connectivity index (χ2v) is 13.9. The van der Waals surface area contributed by atoms with Crippen molar-refractivity contribution < 1.29 is 22.9 Å². The summed E-state index contributed by atoms with van der Waals surface area (Å²) < 4.78 is 0.911. The predicted molar refractivity (Wildman–Crippen MR) is 76.4 cm³/mol. The minimum atomic E-state index is -0.861. The van der Waals surface area contributed by atoms with Gasteiger partial charge in [0, 0.05) is 0 Å². The van der Waals surface area contributed by atoms with Crippen molar-refractivity contribution in [2.75, 3.05) is 0 Å². The zero-order valence-electron chi connectivity index (χ0n) is 12.3. The zero-order valence-corrected chi connectivity index (χ0v) is 15.9. The summed E-state index contributed by atoms with van der Waals surface area (Å²) in [5.41, 5.74) is 4.70. The SMILES string of the molecule is CCC[C]1([Hf][C]2(C)C=C(C)C(C)=C2C)C=CC=C1. The van der Waals surface area contributed by atoms with Crippen LogP contribution in [0, 0.1) is 0 Å². The van der Waals surface area contributed by atoms with Crippen LogP contribution in [0.1, 0.15) is 47.5 Å². The van der Waals surface area contributed by atoms with Crippen LogP contribution in [0.15, 0.2) is 47.1 Å². The van der Waals surface area contributed by atoms with Gasteiger partial charge in [-0.15, -0.1) is 0 Å². The summed E-state index contributed by atoms with van der Waals surface area (Å²) in [6.07, 6.45) is 14.7. The average molecular weight is 407 g/mol. The van der Waals surface area contributed by atoms with E-state index in [-0.39, 0.29) is 0 Å². The maximum absolute atomic E-state index is 2.57. The normalized spacial score (nSPS) is 29.1. The Bertz CT molecular complexity index is 450. The summed E-state index contributed by atoms with van der Waals surface area (Å²) in [5.74, 6) is 0. The average Bonchev–Trinajstić information content (AvgIpc) is 2.81. The van der Waals surface area contributed by atoms with Crippen LogP contribution >= 0.6 is 0 Å². The van der Waals surface area contributed by atoms with Crippen LogP contribution in [0.4, 0.5) is 0 Å². The summed E-state index contributed by atoms with van der Waals surface area (Å²) in [4.78, 5) is 0. The summed E-state index contributed by atoms with van der Waals surface area (Å²) in [6.45, 7) is 11.7. The standard InChI is InChI=1S/C9H13.C8H11.Hf/c1-6-5-7(2)9(4)8(6)3;1-2-5-8-6-3-4-7-8;/h5H,1-4H3;3-4,6-7H,2,5H2,1H3;. The molecule has 1 atom stereocenters. The fourth-order valence-corrected chi connectivity index (χ4v) is 11.7. The molecule has 0 heterocycles. The molecule has 0 aromatic heterocycles. The number of hydrogen-bond donors (Lipinski definition) is 0. The van der Waals surface area contributed by atoms with Crippen LogP contribution in [-0.4, -0.2) is 0 Å². The van der Waals surface area contributed by atoms with Gasteiger partial charge in [0.25, 0.3) is 0 Å². The van der Waals surface area contributed by atoms with E-state index in [2.05, 4.69) is 65.0 Å². The third kappa shape index (κ3) is 2.43. The van der Waals surface area contributed by atoms with Crippen molar-refractivity contribution in [1.29, 1.82) is 0 Å². The molecule has 0 saturated carbocycles. The van der Waals surface area contributed by atoms with Crippen LogP contribution in [0.25, 0.3) is 0 Å². The van der Waals surface area contributed by atoms with E-state index in [0.717, 1.165) is 0 Å². The van der Waals surface area contributed by atoms with Gasteiger partial charge >= 0.3 is 124 Å². The molecule has 0 nitrogen and oxygen atoms in total. The number of hydrogen-bond acceptors (Lipinski definition) is 0. The van der Waals surface area contributed by atoms with E-state index in [4.69, 9.17) is 0 Å². The first kappa shape index (κ1) is 14.2. The molecule has 2 aliphatic carbocycles. The van der Waals surface area contributed by atoms with Gasteiger partial charge in [-0.3, -0.25) is 0 Å². The van der Waals surface area contributed by atoms with E-state index in [1.54, 1.807) is 11.1 Å². The molecule has 0 radical (unpaired) electrons. The molecule has 0 fully saturated rings. The number of allylic oxidation sites excluding steroid dienone is 8. The van der Waals surface area contributed by atoms with E-state index in [1.165, 1.54) is 18.4 Å². The molecule has 0 amide bonds. The Balaban J connectivity index is 2.29. The van der Waals surface area contributed by atoms with Crippen molar-refractivity contribution in [3.8, 4) is 0 Å². The Morgan fingerprint density at radius 2 is 1.72 bits per heavy atom. The van der Waals surface area contributed by atoms with Crippen LogP contribution < -0.4 is 0 Å². The molecule has 0 spiro atoms. The molecular formula is C17H24Hf. The molecule has 0 saturated heterocycles. The molecular weight excluding hydrogens is 383 g/mol. The van der Waals surface area contributed by atoms with Gasteiger partial charge in [-0.25, -0.2) is 0 Å². The van der Waals surface area contributed by atoms with Gasteiger partial charge in [-0.1, -0.05) is 0 Å². The van der Waals surface area contributed by atoms with E-state index in [1.807, 2.05) is 0 Å². The molecule has 1 heteroatoms. The summed E-state index contributed by atoms with van der Waals surface area (Å²) >= 11 is -0.861. The van der Waals surface area contributed by atoms with Gasteiger partial charge in [-0.2, -0.15) is 0 Å². The van der Waals surface area contributed by atoms with E-state index < -0.39 is 22.9 Å². The van der Waals surface area contributed by atoms with E-state index >= 15 is 0 Å².